The Labute approximate surface area is 176 Å². The van der Waals surface area contributed by atoms with Crippen molar-refractivity contribution in [3.05, 3.63) is 112 Å². The third-order valence-corrected chi connectivity index (χ3v) is 4.61. The van der Waals surface area contributed by atoms with Crippen molar-refractivity contribution in [2.24, 2.45) is 0 Å². The Morgan fingerprint density at radius 2 is 1.68 bits per heavy atom. The van der Waals surface area contributed by atoms with Gasteiger partial charge in [-0.15, -0.1) is 0 Å². The fourth-order valence-corrected chi connectivity index (χ4v) is 3.09. The molecule has 2 N–H and O–H groups in total. The second-order valence-electron chi connectivity index (χ2n) is 6.83. The second kappa shape index (κ2) is 8.62. The van der Waals surface area contributed by atoms with Gasteiger partial charge in [0.25, 0.3) is 11.8 Å². The Kier molecular flexibility index (Phi) is 5.57. The summed E-state index contributed by atoms with van der Waals surface area (Å²) in [7, 11) is 0. The van der Waals surface area contributed by atoms with E-state index in [4.69, 9.17) is 4.42 Å². The molecule has 1 heterocycles. The predicted molar refractivity (Wildman–Crippen MR) is 114 cm³/mol. The maximum Gasteiger partial charge on any atom is 0.349 e. The highest BCUT2D eigenvalue weighted by Gasteiger charge is 2.14. The summed E-state index contributed by atoms with van der Waals surface area (Å²) in [6.07, 6.45) is 0. The van der Waals surface area contributed by atoms with E-state index in [9.17, 15) is 18.8 Å². The molecule has 1 aromatic heterocycles. The maximum atomic E-state index is 13.3. The molecule has 4 aromatic rings. The third-order valence-electron chi connectivity index (χ3n) is 4.61. The number of nitrogens with one attached hydrogen (secondary N) is 2. The molecular weight excluding hydrogens is 399 g/mol. The van der Waals surface area contributed by atoms with Gasteiger partial charge in [0.15, 0.2) is 0 Å². The van der Waals surface area contributed by atoms with Gasteiger partial charge in [-0.1, -0.05) is 36.4 Å². The first-order valence-electron chi connectivity index (χ1n) is 9.46. The summed E-state index contributed by atoms with van der Waals surface area (Å²) < 4.78 is 18.5. The molecule has 3 aromatic carbocycles. The maximum absolute atomic E-state index is 13.3. The van der Waals surface area contributed by atoms with E-state index >= 15 is 0 Å². The van der Waals surface area contributed by atoms with Gasteiger partial charge in [-0.25, -0.2) is 9.18 Å². The van der Waals surface area contributed by atoms with Gasteiger partial charge in [-0.05, 0) is 48.0 Å². The Balaban J connectivity index is 1.44. The average molecular weight is 416 g/mol. The third kappa shape index (κ3) is 4.67. The molecule has 0 radical (unpaired) electrons. The summed E-state index contributed by atoms with van der Waals surface area (Å²) in [4.78, 5) is 36.9. The average Bonchev–Trinajstić information content (AvgIpc) is 2.77. The summed E-state index contributed by atoms with van der Waals surface area (Å²) >= 11 is 0. The first-order chi connectivity index (χ1) is 15.0. The Morgan fingerprint density at radius 3 is 2.52 bits per heavy atom. The van der Waals surface area contributed by atoms with E-state index in [1.165, 1.54) is 24.3 Å². The summed E-state index contributed by atoms with van der Waals surface area (Å²) in [6.45, 7) is 0.134. The van der Waals surface area contributed by atoms with Crippen molar-refractivity contribution in [1.29, 1.82) is 0 Å². The van der Waals surface area contributed by atoms with Gasteiger partial charge < -0.3 is 15.1 Å². The predicted octanol–water partition coefficient (Wildman–Crippen LogP) is 4.11. The molecule has 0 aliphatic rings. The van der Waals surface area contributed by atoms with Crippen LogP contribution in [-0.4, -0.2) is 11.8 Å². The van der Waals surface area contributed by atoms with Gasteiger partial charge >= 0.3 is 5.63 Å². The smallest absolute Gasteiger partial charge is 0.349 e. The fourth-order valence-electron chi connectivity index (χ4n) is 3.09. The van der Waals surface area contributed by atoms with Gasteiger partial charge in [-0.3, -0.25) is 9.59 Å². The number of carbonyl (C=O) groups excluding carboxylic acids is 2. The number of rotatable bonds is 5. The molecule has 0 unspecified atom stereocenters. The number of anilines is 1. The molecule has 0 saturated heterocycles. The summed E-state index contributed by atoms with van der Waals surface area (Å²) in [5.41, 5.74) is 0.996. The minimum atomic E-state index is -0.715. The largest absolute Gasteiger partial charge is 0.422 e. The summed E-state index contributed by atoms with van der Waals surface area (Å²) in [5, 5.41) is 6.02. The molecule has 0 bridgehead atoms. The number of hydrogen-bond acceptors (Lipinski definition) is 4. The van der Waals surface area contributed by atoms with E-state index in [-0.39, 0.29) is 17.7 Å². The number of para-hydroxylation sites is 1. The van der Waals surface area contributed by atoms with E-state index in [0.717, 1.165) is 6.07 Å². The van der Waals surface area contributed by atoms with Crippen molar-refractivity contribution in [1.82, 2.24) is 5.32 Å². The van der Waals surface area contributed by atoms with Crippen molar-refractivity contribution in [2.45, 2.75) is 6.54 Å². The molecule has 0 atom stereocenters. The van der Waals surface area contributed by atoms with Crippen LogP contribution < -0.4 is 16.3 Å². The Bertz CT molecular complexity index is 1350. The van der Waals surface area contributed by atoms with E-state index in [1.54, 1.807) is 48.5 Å². The monoisotopic (exact) mass is 416 g/mol. The minimum absolute atomic E-state index is 0.0886. The standard InChI is InChI=1S/C24H17FN2O4/c25-18-8-4-7-17(12-18)22(28)27-19-9-3-5-15(11-19)14-26-23(29)20-13-16-6-1-2-10-21(16)31-24(20)30/h1-13H,14H2,(H,26,29)(H,27,28). The van der Waals surface area contributed by atoms with Gasteiger partial charge in [0.2, 0.25) is 0 Å². The zero-order valence-electron chi connectivity index (χ0n) is 16.2. The molecule has 0 aliphatic carbocycles. The SMILES string of the molecule is O=C(Nc1cccc(CNC(=O)c2cc3ccccc3oc2=O)c1)c1cccc(F)c1. The highest BCUT2D eigenvalue weighted by Crippen LogP contribution is 2.15. The van der Waals surface area contributed by atoms with Crippen molar-refractivity contribution < 1.29 is 18.4 Å². The Morgan fingerprint density at radius 1 is 0.871 bits per heavy atom. The van der Waals surface area contributed by atoms with Crippen LogP contribution >= 0.6 is 0 Å². The highest BCUT2D eigenvalue weighted by atomic mass is 19.1. The molecule has 31 heavy (non-hydrogen) atoms. The number of amides is 2. The van der Waals surface area contributed by atoms with Gasteiger partial charge in [0.05, 0.1) is 0 Å². The van der Waals surface area contributed by atoms with Crippen molar-refractivity contribution in [3.8, 4) is 0 Å². The topological polar surface area (TPSA) is 88.4 Å². The number of fused-ring (bicyclic) bond motifs is 1. The lowest BCUT2D eigenvalue weighted by molar-refractivity contribution is 0.0946. The van der Waals surface area contributed by atoms with Crippen LogP contribution in [0.3, 0.4) is 0 Å². The first kappa shape index (κ1) is 20.0. The van der Waals surface area contributed by atoms with Gasteiger partial charge in [0.1, 0.15) is 17.0 Å². The first-order valence-corrected chi connectivity index (χ1v) is 9.46. The molecule has 0 aliphatic heterocycles. The van der Waals surface area contributed by atoms with Crippen LogP contribution in [0.25, 0.3) is 11.0 Å². The molecule has 2 amide bonds. The highest BCUT2D eigenvalue weighted by molar-refractivity contribution is 6.04. The van der Waals surface area contributed by atoms with E-state index < -0.39 is 23.3 Å². The van der Waals surface area contributed by atoms with Gasteiger partial charge in [0, 0.05) is 23.2 Å². The number of hydrogen-bond donors (Lipinski definition) is 2. The van der Waals surface area contributed by atoms with Crippen LogP contribution in [0, 0.1) is 5.82 Å². The number of benzene rings is 3. The Hall–Kier alpha value is -4.26. The zero-order chi connectivity index (χ0) is 21.8. The molecule has 0 fully saturated rings. The summed E-state index contributed by atoms with van der Waals surface area (Å²) in [5.74, 6) is -1.51. The normalized spacial score (nSPS) is 10.6. The van der Waals surface area contributed by atoms with Crippen LogP contribution in [0.5, 0.6) is 0 Å². The van der Waals surface area contributed by atoms with Crippen LogP contribution in [0.4, 0.5) is 10.1 Å². The lowest BCUT2D eigenvalue weighted by atomic mass is 10.1. The number of carbonyl (C=O) groups is 2. The summed E-state index contributed by atoms with van der Waals surface area (Å²) in [6, 6.07) is 20.6. The molecule has 6 nitrogen and oxygen atoms in total. The van der Waals surface area contributed by atoms with Gasteiger partial charge in [-0.2, -0.15) is 0 Å². The molecule has 4 rings (SSSR count). The lowest BCUT2D eigenvalue weighted by Gasteiger charge is -2.09. The minimum Gasteiger partial charge on any atom is -0.422 e. The zero-order valence-corrected chi connectivity index (χ0v) is 16.2. The molecule has 7 heteroatoms. The second-order valence-corrected chi connectivity index (χ2v) is 6.83. The van der Waals surface area contributed by atoms with Crippen molar-refractivity contribution in [3.63, 3.8) is 0 Å². The van der Waals surface area contributed by atoms with Crippen molar-refractivity contribution in [2.75, 3.05) is 5.32 Å². The molecule has 154 valence electrons. The van der Waals surface area contributed by atoms with Crippen LogP contribution in [0.15, 0.2) is 88.1 Å². The van der Waals surface area contributed by atoms with Crippen LogP contribution in [0.1, 0.15) is 26.3 Å². The number of halogens is 1. The van der Waals surface area contributed by atoms with E-state index in [0.29, 0.717) is 22.2 Å². The molecule has 0 saturated carbocycles. The quantitative estimate of drug-likeness (QED) is 0.479. The van der Waals surface area contributed by atoms with Crippen molar-refractivity contribution >= 4 is 28.5 Å². The molecular formula is C24H17FN2O4. The van der Waals surface area contributed by atoms with Crippen LogP contribution in [0.2, 0.25) is 0 Å². The van der Waals surface area contributed by atoms with E-state index in [1.807, 2.05) is 0 Å². The molecule has 0 spiro atoms. The van der Waals surface area contributed by atoms with E-state index in [2.05, 4.69) is 10.6 Å². The van der Waals surface area contributed by atoms with Crippen LogP contribution in [-0.2, 0) is 6.54 Å². The lowest BCUT2D eigenvalue weighted by Crippen LogP contribution is -2.27. The fraction of sp³-hybridized carbons (Fsp3) is 0.0417.